The molecule has 0 fully saturated rings. The van der Waals surface area contributed by atoms with Crippen LogP contribution in [0, 0.1) is 0 Å². The Labute approximate surface area is 75.6 Å². The Kier molecular flexibility index (Phi) is 3.44. The summed E-state index contributed by atoms with van der Waals surface area (Å²) in [5.74, 6) is 0. The van der Waals surface area contributed by atoms with Crippen molar-refractivity contribution in [1.29, 1.82) is 0 Å². The highest BCUT2D eigenvalue weighted by molar-refractivity contribution is 7.82. The Morgan fingerprint density at radius 3 is 2.42 bits per heavy atom. The van der Waals surface area contributed by atoms with Crippen molar-refractivity contribution in [2.45, 2.75) is 13.0 Å². The van der Waals surface area contributed by atoms with Crippen molar-refractivity contribution in [3.8, 4) is 0 Å². The molecule has 0 spiro atoms. The third kappa shape index (κ3) is 2.75. The summed E-state index contributed by atoms with van der Waals surface area (Å²) in [5, 5.41) is 0. The minimum absolute atomic E-state index is 0.150. The van der Waals surface area contributed by atoms with Gasteiger partial charge in [0.25, 0.3) is 0 Å². The van der Waals surface area contributed by atoms with E-state index in [9.17, 15) is 4.21 Å². The molecule has 2 nitrogen and oxygen atoms in total. The van der Waals surface area contributed by atoms with Gasteiger partial charge in [0, 0.05) is 12.3 Å². The van der Waals surface area contributed by atoms with Crippen LogP contribution < -0.4 is 4.72 Å². The standard InChI is InChI=1S/C9H13NOS/c1-8(10-12(2)11)9-6-4-3-5-7-9/h3-8,10H,1-2H3. The minimum Gasteiger partial charge on any atom is -0.243 e. The highest BCUT2D eigenvalue weighted by Gasteiger charge is 2.03. The molecule has 0 aromatic heterocycles. The Morgan fingerprint density at radius 2 is 1.92 bits per heavy atom. The Balaban J connectivity index is 2.65. The van der Waals surface area contributed by atoms with E-state index in [1.165, 1.54) is 0 Å². The first-order valence-electron chi connectivity index (χ1n) is 3.84. The molecule has 1 aromatic carbocycles. The fourth-order valence-electron chi connectivity index (χ4n) is 1.06. The van der Waals surface area contributed by atoms with Crippen LogP contribution in [0.25, 0.3) is 0 Å². The summed E-state index contributed by atoms with van der Waals surface area (Å²) < 4.78 is 13.8. The lowest BCUT2D eigenvalue weighted by Crippen LogP contribution is -2.19. The monoisotopic (exact) mass is 183 g/mol. The summed E-state index contributed by atoms with van der Waals surface area (Å²) in [6.07, 6.45) is 1.64. The van der Waals surface area contributed by atoms with Gasteiger partial charge >= 0.3 is 0 Å². The third-order valence-electron chi connectivity index (χ3n) is 1.64. The summed E-state index contributed by atoms with van der Waals surface area (Å²) >= 11 is 0. The zero-order valence-corrected chi connectivity index (χ0v) is 8.10. The van der Waals surface area contributed by atoms with E-state index in [2.05, 4.69) is 4.72 Å². The fraction of sp³-hybridized carbons (Fsp3) is 0.333. The van der Waals surface area contributed by atoms with Gasteiger partial charge in [0.1, 0.15) is 0 Å². The van der Waals surface area contributed by atoms with E-state index >= 15 is 0 Å². The molecule has 0 aliphatic rings. The van der Waals surface area contributed by atoms with Crippen molar-refractivity contribution < 1.29 is 4.21 Å². The summed E-state index contributed by atoms with van der Waals surface area (Å²) in [5.41, 5.74) is 1.16. The molecule has 1 N–H and O–H groups in total. The largest absolute Gasteiger partial charge is 0.243 e. The maximum absolute atomic E-state index is 10.8. The first-order valence-corrected chi connectivity index (χ1v) is 5.40. The highest BCUT2D eigenvalue weighted by atomic mass is 32.2. The molecule has 0 saturated carbocycles. The van der Waals surface area contributed by atoms with Crippen LogP contribution in [0.1, 0.15) is 18.5 Å². The first kappa shape index (κ1) is 9.42. The van der Waals surface area contributed by atoms with Gasteiger partial charge in [-0.3, -0.25) is 0 Å². The maximum Gasteiger partial charge on any atom is 0.0889 e. The van der Waals surface area contributed by atoms with Crippen molar-refractivity contribution >= 4 is 11.0 Å². The molecule has 0 aliphatic carbocycles. The van der Waals surface area contributed by atoms with Crippen molar-refractivity contribution in [3.63, 3.8) is 0 Å². The van der Waals surface area contributed by atoms with Gasteiger partial charge in [-0.15, -0.1) is 0 Å². The summed E-state index contributed by atoms with van der Waals surface area (Å²) in [6.45, 7) is 2.00. The topological polar surface area (TPSA) is 29.1 Å². The Hall–Kier alpha value is -0.670. The predicted octanol–water partition coefficient (Wildman–Crippen LogP) is 1.63. The van der Waals surface area contributed by atoms with E-state index in [0.29, 0.717) is 0 Å². The zero-order valence-electron chi connectivity index (χ0n) is 7.28. The number of rotatable bonds is 3. The first-order chi connectivity index (χ1) is 5.70. The quantitative estimate of drug-likeness (QED) is 0.758. The van der Waals surface area contributed by atoms with Crippen LogP contribution in [0.15, 0.2) is 30.3 Å². The molecule has 2 atom stereocenters. The molecule has 0 heterocycles. The van der Waals surface area contributed by atoms with E-state index < -0.39 is 11.0 Å². The van der Waals surface area contributed by atoms with Gasteiger partial charge in [0.05, 0.1) is 11.0 Å². The SMILES string of the molecule is CC(NS(C)=O)c1ccccc1. The van der Waals surface area contributed by atoms with Crippen LogP contribution in [0.4, 0.5) is 0 Å². The molecular weight excluding hydrogens is 170 g/mol. The molecule has 3 heteroatoms. The molecule has 0 aliphatic heterocycles. The number of hydrogen-bond acceptors (Lipinski definition) is 1. The van der Waals surface area contributed by atoms with Gasteiger partial charge in [-0.2, -0.15) is 0 Å². The predicted molar refractivity (Wildman–Crippen MR) is 52.1 cm³/mol. The number of nitrogens with one attached hydrogen (secondary N) is 1. The highest BCUT2D eigenvalue weighted by Crippen LogP contribution is 2.10. The second-order valence-corrected chi connectivity index (χ2v) is 3.85. The lowest BCUT2D eigenvalue weighted by molar-refractivity contribution is 0.656. The second kappa shape index (κ2) is 4.38. The van der Waals surface area contributed by atoms with Gasteiger partial charge in [0.2, 0.25) is 0 Å². The second-order valence-electron chi connectivity index (χ2n) is 2.70. The van der Waals surface area contributed by atoms with Crippen molar-refractivity contribution in [3.05, 3.63) is 35.9 Å². The van der Waals surface area contributed by atoms with Gasteiger partial charge in [-0.05, 0) is 12.5 Å². The van der Waals surface area contributed by atoms with Crippen LogP contribution >= 0.6 is 0 Å². The normalized spacial score (nSPS) is 15.5. The van der Waals surface area contributed by atoms with Gasteiger partial charge in [0.15, 0.2) is 0 Å². The fourth-order valence-corrected chi connectivity index (χ4v) is 1.69. The average Bonchev–Trinajstić information content (AvgIpc) is 2.05. The molecule has 1 rings (SSSR count). The molecule has 0 bridgehead atoms. The van der Waals surface area contributed by atoms with E-state index in [1.807, 2.05) is 37.3 Å². The number of benzene rings is 1. The Bertz CT molecular complexity index is 260. The van der Waals surface area contributed by atoms with Crippen molar-refractivity contribution in [2.24, 2.45) is 0 Å². The lowest BCUT2D eigenvalue weighted by Gasteiger charge is -2.10. The molecule has 2 unspecified atom stereocenters. The van der Waals surface area contributed by atoms with Crippen LogP contribution in [0.2, 0.25) is 0 Å². The molecular formula is C9H13NOS. The summed E-state index contributed by atoms with van der Waals surface area (Å²) in [4.78, 5) is 0. The summed E-state index contributed by atoms with van der Waals surface area (Å²) in [6, 6.07) is 10.1. The molecule has 12 heavy (non-hydrogen) atoms. The van der Waals surface area contributed by atoms with Gasteiger partial charge in [-0.25, -0.2) is 8.93 Å². The molecule has 0 amide bonds. The van der Waals surface area contributed by atoms with E-state index in [4.69, 9.17) is 0 Å². The Morgan fingerprint density at radius 1 is 1.33 bits per heavy atom. The number of hydrogen-bond donors (Lipinski definition) is 1. The van der Waals surface area contributed by atoms with Gasteiger partial charge < -0.3 is 0 Å². The van der Waals surface area contributed by atoms with Crippen LogP contribution in [-0.2, 0) is 11.0 Å². The molecule has 66 valence electrons. The van der Waals surface area contributed by atoms with E-state index in [0.717, 1.165) is 5.56 Å². The maximum atomic E-state index is 10.8. The van der Waals surface area contributed by atoms with Crippen molar-refractivity contribution in [2.75, 3.05) is 6.26 Å². The molecule has 1 aromatic rings. The zero-order chi connectivity index (χ0) is 8.97. The average molecular weight is 183 g/mol. The third-order valence-corrected chi connectivity index (χ3v) is 2.33. The molecule has 0 radical (unpaired) electrons. The van der Waals surface area contributed by atoms with Crippen LogP contribution in [-0.4, -0.2) is 10.5 Å². The van der Waals surface area contributed by atoms with Crippen LogP contribution in [0.5, 0.6) is 0 Å². The minimum atomic E-state index is -0.946. The van der Waals surface area contributed by atoms with Crippen LogP contribution in [0.3, 0.4) is 0 Å². The van der Waals surface area contributed by atoms with Gasteiger partial charge in [-0.1, -0.05) is 30.3 Å². The van der Waals surface area contributed by atoms with E-state index in [1.54, 1.807) is 6.26 Å². The lowest BCUT2D eigenvalue weighted by atomic mass is 10.1. The van der Waals surface area contributed by atoms with E-state index in [-0.39, 0.29) is 6.04 Å². The van der Waals surface area contributed by atoms with Crippen molar-refractivity contribution in [1.82, 2.24) is 4.72 Å². The smallest absolute Gasteiger partial charge is 0.0889 e. The molecule has 0 saturated heterocycles. The summed E-state index contributed by atoms with van der Waals surface area (Å²) in [7, 11) is -0.946.